The quantitative estimate of drug-likeness (QED) is 0.482. The third-order valence-corrected chi connectivity index (χ3v) is 5.04. The average molecular weight is 310 g/mol. The number of aliphatic imine (C=N–C) groups is 1. The Kier molecular flexibility index (Phi) is 7.46. The summed E-state index contributed by atoms with van der Waals surface area (Å²) in [6.45, 7) is 11.8. The van der Waals surface area contributed by atoms with Crippen molar-refractivity contribution in [3.63, 3.8) is 0 Å². The molecular formula is C17H35N5. The van der Waals surface area contributed by atoms with Crippen LogP contribution in [0.15, 0.2) is 4.99 Å². The van der Waals surface area contributed by atoms with Gasteiger partial charge in [-0.3, -0.25) is 4.99 Å². The first-order valence-corrected chi connectivity index (χ1v) is 9.05. The second-order valence-electron chi connectivity index (χ2n) is 7.00. The standard InChI is InChI=1S/C17H35N5/c1-16-6-12-22(13-7-16)17(18-2)19-8-4-10-21-11-5-9-20(3)14-15-21/h16H,4-15H2,1-3H3,(H,18,19). The molecule has 0 aromatic heterocycles. The van der Waals surface area contributed by atoms with Crippen LogP contribution in [-0.2, 0) is 0 Å². The van der Waals surface area contributed by atoms with Crippen molar-refractivity contribution in [2.45, 2.75) is 32.6 Å². The Bertz CT molecular complexity index is 336. The van der Waals surface area contributed by atoms with E-state index in [9.17, 15) is 0 Å². The fourth-order valence-electron chi connectivity index (χ4n) is 3.38. The van der Waals surface area contributed by atoms with Gasteiger partial charge in [0.05, 0.1) is 0 Å². The number of hydrogen-bond acceptors (Lipinski definition) is 3. The third kappa shape index (κ3) is 5.76. The SMILES string of the molecule is CN=C(NCCCN1CCCN(C)CC1)N1CCC(C)CC1. The van der Waals surface area contributed by atoms with E-state index in [-0.39, 0.29) is 0 Å². The van der Waals surface area contributed by atoms with Crippen LogP contribution in [-0.4, -0.2) is 87.1 Å². The van der Waals surface area contributed by atoms with Gasteiger partial charge in [-0.25, -0.2) is 0 Å². The summed E-state index contributed by atoms with van der Waals surface area (Å²) < 4.78 is 0. The van der Waals surface area contributed by atoms with Crippen LogP contribution in [0.2, 0.25) is 0 Å². The van der Waals surface area contributed by atoms with Crippen LogP contribution in [0, 0.1) is 5.92 Å². The first-order valence-electron chi connectivity index (χ1n) is 9.05. The molecule has 0 bridgehead atoms. The number of nitrogens with zero attached hydrogens (tertiary/aromatic N) is 4. The molecule has 0 aliphatic carbocycles. The molecule has 2 fully saturated rings. The van der Waals surface area contributed by atoms with Crippen molar-refractivity contribution in [2.75, 3.05) is 66.5 Å². The maximum absolute atomic E-state index is 4.46. The number of likely N-dealkylation sites (tertiary alicyclic amines) is 1. The minimum atomic E-state index is 0.871. The molecule has 2 saturated heterocycles. The minimum absolute atomic E-state index is 0.871. The molecule has 0 unspecified atom stereocenters. The van der Waals surface area contributed by atoms with Crippen molar-refractivity contribution in [1.82, 2.24) is 20.0 Å². The van der Waals surface area contributed by atoms with Gasteiger partial charge in [0, 0.05) is 39.8 Å². The van der Waals surface area contributed by atoms with E-state index < -0.39 is 0 Å². The lowest BCUT2D eigenvalue weighted by molar-refractivity contribution is 0.266. The number of piperidine rings is 1. The van der Waals surface area contributed by atoms with Crippen molar-refractivity contribution in [3.05, 3.63) is 0 Å². The lowest BCUT2D eigenvalue weighted by atomic mass is 10.00. The van der Waals surface area contributed by atoms with E-state index in [1.54, 1.807) is 0 Å². The second-order valence-corrected chi connectivity index (χ2v) is 7.00. The van der Waals surface area contributed by atoms with Crippen LogP contribution in [0.25, 0.3) is 0 Å². The van der Waals surface area contributed by atoms with Crippen molar-refractivity contribution < 1.29 is 0 Å². The van der Waals surface area contributed by atoms with Crippen molar-refractivity contribution in [2.24, 2.45) is 10.9 Å². The molecule has 0 amide bonds. The first-order chi connectivity index (χ1) is 10.7. The number of hydrogen-bond donors (Lipinski definition) is 1. The van der Waals surface area contributed by atoms with E-state index in [4.69, 9.17) is 0 Å². The predicted octanol–water partition coefficient (Wildman–Crippen LogP) is 1.32. The lowest BCUT2D eigenvalue weighted by Crippen LogP contribution is -2.46. The number of rotatable bonds is 4. The maximum atomic E-state index is 4.46. The molecule has 0 aromatic carbocycles. The fraction of sp³-hybridized carbons (Fsp3) is 0.941. The largest absolute Gasteiger partial charge is 0.356 e. The highest BCUT2D eigenvalue weighted by Gasteiger charge is 2.18. The van der Waals surface area contributed by atoms with Crippen LogP contribution < -0.4 is 5.32 Å². The van der Waals surface area contributed by atoms with Crippen molar-refractivity contribution in [1.29, 1.82) is 0 Å². The van der Waals surface area contributed by atoms with Gasteiger partial charge in [-0.05, 0) is 58.3 Å². The predicted molar refractivity (Wildman–Crippen MR) is 94.5 cm³/mol. The molecule has 2 aliphatic heterocycles. The Labute approximate surface area is 136 Å². The summed E-state index contributed by atoms with van der Waals surface area (Å²) in [6, 6.07) is 0. The minimum Gasteiger partial charge on any atom is -0.356 e. The van der Waals surface area contributed by atoms with Gasteiger partial charge in [-0.2, -0.15) is 0 Å². The molecule has 0 spiro atoms. The summed E-state index contributed by atoms with van der Waals surface area (Å²) in [4.78, 5) is 11.9. The summed E-state index contributed by atoms with van der Waals surface area (Å²) >= 11 is 0. The molecule has 0 saturated carbocycles. The molecule has 0 atom stereocenters. The number of guanidine groups is 1. The van der Waals surface area contributed by atoms with Gasteiger partial charge in [0.25, 0.3) is 0 Å². The number of nitrogens with one attached hydrogen (secondary N) is 1. The number of likely N-dealkylation sites (N-methyl/N-ethyl adjacent to an activating group) is 1. The van der Waals surface area contributed by atoms with Crippen molar-refractivity contribution in [3.8, 4) is 0 Å². The Hall–Kier alpha value is -0.810. The van der Waals surface area contributed by atoms with E-state index in [0.29, 0.717) is 0 Å². The smallest absolute Gasteiger partial charge is 0.193 e. The molecule has 5 heteroatoms. The van der Waals surface area contributed by atoms with Crippen LogP contribution in [0.5, 0.6) is 0 Å². The highest BCUT2D eigenvalue weighted by Crippen LogP contribution is 2.15. The molecule has 0 radical (unpaired) electrons. The van der Waals surface area contributed by atoms with E-state index in [2.05, 4.69) is 39.0 Å². The maximum Gasteiger partial charge on any atom is 0.193 e. The topological polar surface area (TPSA) is 34.1 Å². The zero-order valence-corrected chi connectivity index (χ0v) is 14.9. The summed E-state index contributed by atoms with van der Waals surface area (Å²) in [6.07, 6.45) is 5.09. The lowest BCUT2D eigenvalue weighted by Gasteiger charge is -2.33. The summed E-state index contributed by atoms with van der Waals surface area (Å²) in [5.74, 6) is 1.97. The molecule has 1 N–H and O–H groups in total. The van der Waals surface area contributed by atoms with Crippen molar-refractivity contribution >= 4 is 5.96 Å². The summed E-state index contributed by atoms with van der Waals surface area (Å²) in [5.41, 5.74) is 0. The summed E-state index contributed by atoms with van der Waals surface area (Å²) in [7, 11) is 4.14. The third-order valence-electron chi connectivity index (χ3n) is 5.04. The zero-order valence-electron chi connectivity index (χ0n) is 14.9. The molecule has 2 rings (SSSR count). The zero-order chi connectivity index (χ0) is 15.8. The molecule has 2 aliphatic rings. The summed E-state index contributed by atoms with van der Waals surface area (Å²) in [5, 5.41) is 3.56. The fourth-order valence-corrected chi connectivity index (χ4v) is 3.38. The first kappa shape index (κ1) is 17.5. The van der Waals surface area contributed by atoms with Gasteiger partial charge in [-0.1, -0.05) is 6.92 Å². The van der Waals surface area contributed by atoms with E-state index in [1.807, 2.05) is 7.05 Å². The van der Waals surface area contributed by atoms with Crippen LogP contribution >= 0.6 is 0 Å². The van der Waals surface area contributed by atoms with Gasteiger partial charge in [0.15, 0.2) is 5.96 Å². The Morgan fingerprint density at radius 2 is 1.86 bits per heavy atom. The normalized spacial score (nSPS) is 23.6. The molecular weight excluding hydrogens is 274 g/mol. The van der Waals surface area contributed by atoms with E-state index in [0.717, 1.165) is 31.5 Å². The molecule has 2 heterocycles. The second kappa shape index (κ2) is 9.36. The van der Waals surface area contributed by atoms with Crippen LogP contribution in [0.3, 0.4) is 0 Å². The monoisotopic (exact) mass is 309 g/mol. The van der Waals surface area contributed by atoms with Gasteiger partial charge in [-0.15, -0.1) is 0 Å². The molecule has 128 valence electrons. The Balaban J connectivity index is 1.62. The van der Waals surface area contributed by atoms with Gasteiger partial charge >= 0.3 is 0 Å². The van der Waals surface area contributed by atoms with E-state index >= 15 is 0 Å². The highest BCUT2D eigenvalue weighted by atomic mass is 15.3. The van der Waals surface area contributed by atoms with Gasteiger partial charge in [0.2, 0.25) is 0 Å². The molecule has 5 nitrogen and oxygen atoms in total. The molecule has 22 heavy (non-hydrogen) atoms. The Morgan fingerprint density at radius 1 is 1.09 bits per heavy atom. The van der Waals surface area contributed by atoms with Gasteiger partial charge in [0.1, 0.15) is 0 Å². The highest BCUT2D eigenvalue weighted by molar-refractivity contribution is 5.79. The molecule has 0 aromatic rings. The Morgan fingerprint density at radius 3 is 2.59 bits per heavy atom. The van der Waals surface area contributed by atoms with Crippen LogP contribution in [0.4, 0.5) is 0 Å². The van der Waals surface area contributed by atoms with Gasteiger partial charge < -0.3 is 20.0 Å². The van der Waals surface area contributed by atoms with E-state index in [1.165, 1.54) is 58.4 Å². The van der Waals surface area contributed by atoms with Crippen LogP contribution in [0.1, 0.15) is 32.6 Å². The average Bonchev–Trinajstić information content (AvgIpc) is 2.73.